The summed E-state index contributed by atoms with van der Waals surface area (Å²) in [6.07, 6.45) is 1.35. The van der Waals surface area contributed by atoms with Crippen LogP contribution < -0.4 is 4.74 Å². The van der Waals surface area contributed by atoms with Gasteiger partial charge in [-0.3, -0.25) is 9.48 Å². The molecule has 0 bridgehead atoms. The van der Waals surface area contributed by atoms with Gasteiger partial charge >= 0.3 is 0 Å². The van der Waals surface area contributed by atoms with Crippen molar-refractivity contribution in [2.75, 3.05) is 7.05 Å². The Bertz CT molecular complexity index is 712. The van der Waals surface area contributed by atoms with Crippen molar-refractivity contribution < 1.29 is 9.53 Å². The summed E-state index contributed by atoms with van der Waals surface area (Å²) in [5.41, 5.74) is 2.86. The number of likely N-dealkylation sites (N-methyl/N-ethyl adjacent to an activating group) is 1. The number of aromatic nitrogens is 2. The molecule has 1 unspecified atom stereocenters. The molecule has 124 valence electrons. The summed E-state index contributed by atoms with van der Waals surface area (Å²) in [5, 5.41) is 4.94. The van der Waals surface area contributed by atoms with Crippen LogP contribution in [0.1, 0.15) is 23.7 Å². The van der Waals surface area contributed by atoms with Crippen LogP contribution in [0.3, 0.4) is 0 Å². The van der Waals surface area contributed by atoms with Crippen LogP contribution in [0, 0.1) is 13.8 Å². The van der Waals surface area contributed by atoms with Crippen LogP contribution >= 0.6 is 11.6 Å². The molecule has 1 aromatic heterocycles. The van der Waals surface area contributed by atoms with Crippen LogP contribution in [0.2, 0.25) is 5.02 Å². The van der Waals surface area contributed by atoms with E-state index in [1.54, 1.807) is 35.7 Å². The van der Waals surface area contributed by atoms with E-state index in [9.17, 15) is 4.79 Å². The zero-order valence-corrected chi connectivity index (χ0v) is 14.9. The van der Waals surface area contributed by atoms with Crippen LogP contribution in [0.15, 0.2) is 24.4 Å². The van der Waals surface area contributed by atoms with Gasteiger partial charge in [0.1, 0.15) is 5.75 Å². The third-order valence-corrected chi connectivity index (χ3v) is 3.92. The maximum absolute atomic E-state index is 12.5. The van der Waals surface area contributed by atoms with Gasteiger partial charge in [-0.05, 0) is 44.5 Å². The van der Waals surface area contributed by atoms with E-state index in [2.05, 4.69) is 5.10 Å². The van der Waals surface area contributed by atoms with Crippen LogP contribution in [0.5, 0.6) is 5.75 Å². The molecule has 2 aromatic rings. The van der Waals surface area contributed by atoms with E-state index in [-0.39, 0.29) is 5.91 Å². The monoisotopic (exact) mass is 335 g/mol. The summed E-state index contributed by atoms with van der Waals surface area (Å²) >= 11 is 5.93. The summed E-state index contributed by atoms with van der Waals surface area (Å²) in [4.78, 5) is 14.1. The minimum Gasteiger partial charge on any atom is -0.481 e. The first-order valence-corrected chi connectivity index (χ1v) is 7.82. The third-order valence-electron chi connectivity index (χ3n) is 3.69. The van der Waals surface area contributed by atoms with Crippen molar-refractivity contribution in [2.45, 2.75) is 33.4 Å². The Morgan fingerprint density at radius 3 is 2.70 bits per heavy atom. The first kappa shape index (κ1) is 17.3. The fourth-order valence-electron chi connectivity index (χ4n) is 2.43. The highest BCUT2D eigenvalue weighted by Gasteiger charge is 2.21. The van der Waals surface area contributed by atoms with Crippen molar-refractivity contribution in [3.05, 3.63) is 46.2 Å². The summed E-state index contributed by atoms with van der Waals surface area (Å²) in [5.74, 6) is 0.587. The van der Waals surface area contributed by atoms with E-state index in [1.807, 2.05) is 33.2 Å². The molecule has 0 saturated heterocycles. The van der Waals surface area contributed by atoms with Crippen molar-refractivity contribution in [1.29, 1.82) is 0 Å². The van der Waals surface area contributed by atoms with Gasteiger partial charge in [0.05, 0.1) is 5.69 Å². The SMILES string of the molecule is Cc1cc(Cl)ccc1OC(C)C(=O)N(C)Cc1cn(C)nc1C. The molecular weight excluding hydrogens is 314 g/mol. The van der Waals surface area contributed by atoms with Gasteiger partial charge in [0, 0.05) is 37.4 Å². The molecule has 0 aliphatic rings. The summed E-state index contributed by atoms with van der Waals surface area (Å²) in [6.45, 7) is 6.10. The number of amides is 1. The molecule has 1 aromatic carbocycles. The second-order valence-corrected chi connectivity index (χ2v) is 6.21. The van der Waals surface area contributed by atoms with Crippen LogP contribution in [0.25, 0.3) is 0 Å². The van der Waals surface area contributed by atoms with Crippen molar-refractivity contribution in [2.24, 2.45) is 7.05 Å². The molecule has 0 fully saturated rings. The number of carbonyl (C=O) groups excluding carboxylic acids is 1. The van der Waals surface area contributed by atoms with Gasteiger partial charge in [-0.1, -0.05) is 11.6 Å². The average Bonchev–Trinajstić information content (AvgIpc) is 2.78. The number of hydrogen-bond donors (Lipinski definition) is 0. The number of nitrogens with zero attached hydrogens (tertiary/aromatic N) is 3. The van der Waals surface area contributed by atoms with E-state index < -0.39 is 6.10 Å². The quantitative estimate of drug-likeness (QED) is 0.843. The predicted molar refractivity (Wildman–Crippen MR) is 90.7 cm³/mol. The topological polar surface area (TPSA) is 47.4 Å². The molecule has 1 amide bonds. The summed E-state index contributed by atoms with van der Waals surface area (Å²) in [6, 6.07) is 5.35. The van der Waals surface area contributed by atoms with Gasteiger partial charge < -0.3 is 9.64 Å². The Morgan fingerprint density at radius 1 is 1.43 bits per heavy atom. The predicted octanol–water partition coefficient (Wildman–Crippen LogP) is 3.12. The molecule has 1 heterocycles. The second kappa shape index (κ2) is 7.04. The molecule has 0 N–H and O–H groups in total. The third kappa shape index (κ3) is 4.26. The Labute approximate surface area is 141 Å². The van der Waals surface area contributed by atoms with E-state index in [1.165, 1.54) is 0 Å². The lowest BCUT2D eigenvalue weighted by Crippen LogP contribution is -2.37. The zero-order valence-electron chi connectivity index (χ0n) is 14.1. The summed E-state index contributed by atoms with van der Waals surface area (Å²) < 4.78 is 7.54. The fourth-order valence-corrected chi connectivity index (χ4v) is 2.66. The lowest BCUT2D eigenvalue weighted by Gasteiger charge is -2.22. The number of ether oxygens (including phenoxy) is 1. The van der Waals surface area contributed by atoms with Crippen molar-refractivity contribution in [3.63, 3.8) is 0 Å². The first-order valence-electron chi connectivity index (χ1n) is 7.45. The van der Waals surface area contributed by atoms with Crippen LogP contribution in [-0.2, 0) is 18.4 Å². The number of hydrogen-bond acceptors (Lipinski definition) is 3. The zero-order chi connectivity index (χ0) is 17.1. The van der Waals surface area contributed by atoms with Crippen molar-refractivity contribution >= 4 is 17.5 Å². The average molecular weight is 336 g/mol. The van der Waals surface area contributed by atoms with Crippen molar-refractivity contribution in [1.82, 2.24) is 14.7 Å². The molecule has 5 nitrogen and oxygen atoms in total. The molecule has 0 saturated carbocycles. The van der Waals surface area contributed by atoms with E-state index >= 15 is 0 Å². The highest BCUT2D eigenvalue weighted by atomic mass is 35.5. The molecule has 6 heteroatoms. The molecule has 0 spiro atoms. The van der Waals surface area contributed by atoms with Gasteiger partial charge in [-0.2, -0.15) is 5.10 Å². The lowest BCUT2D eigenvalue weighted by atomic mass is 10.2. The van der Waals surface area contributed by atoms with Gasteiger partial charge in [0.15, 0.2) is 6.10 Å². The molecule has 0 aliphatic heterocycles. The Morgan fingerprint density at radius 2 is 2.13 bits per heavy atom. The molecule has 23 heavy (non-hydrogen) atoms. The number of halogens is 1. The Kier molecular flexibility index (Phi) is 5.31. The molecule has 2 rings (SSSR count). The molecule has 0 aliphatic carbocycles. The highest BCUT2D eigenvalue weighted by Crippen LogP contribution is 2.23. The van der Waals surface area contributed by atoms with Crippen LogP contribution in [0.4, 0.5) is 0 Å². The normalized spacial score (nSPS) is 12.1. The Hall–Kier alpha value is -2.01. The van der Waals surface area contributed by atoms with E-state index in [0.717, 1.165) is 16.8 Å². The minimum atomic E-state index is -0.572. The number of aryl methyl sites for hydroxylation is 3. The molecule has 0 radical (unpaired) electrons. The summed E-state index contributed by atoms with van der Waals surface area (Å²) in [7, 11) is 3.64. The van der Waals surface area contributed by atoms with Gasteiger partial charge in [-0.15, -0.1) is 0 Å². The minimum absolute atomic E-state index is 0.0809. The van der Waals surface area contributed by atoms with Gasteiger partial charge in [-0.25, -0.2) is 0 Å². The van der Waals surface area contributed by atoms with Gasteiger partial charge in [0.25, 0.3) is 5.91 Å². The second-order valence-electron chi connectivity index (χ2n) is 5.78. The first-order chi connectivity index (χ1) is 10.8. The number of benzene rings is 1. The highest BCUT2D eigenvalue weighted by molar-refractivity contribution is 6.30. The number of carbonyl (C=O) groups is 1. The maximum Gasteiger partial charge on any atom is 0.263 e. The standard InChI is InChI=1S/C17H22ClN3O2/c1-11-8-15(18)6-7-16(11)23-13(3)17(22)20(4)9-14-10-21(5)19-12(14)2/h6-8,10,13H,9H2,1-5H3. The van der Waals surface area contributed by atoms with E-state index in [0.29, 0.717) is 17.3 Å². The van der Waals surface area contributed by atoms with Crippen LogP contribution in [-0.4, -0.2) is 33.7 Å². The lowest BCUT2D eigenvalue weighted by molar-refractivity contribution is -0.137. The Balaban J connectivity index is 2.02. The van der Waals surface area contributed by atoms with Gasteiger partial charge in [0.2, 0.25) is 0 Å². The largest absolute Gasteiger partial charge is 0.481 e. The number of rotatable bonds is 5. The van der Waals surface area contributed by atoms with Crippen molar-refractivity contribution in [3.8, 4) is 5.75 Å². The fraction of sp³-hybridized carbons (Fsp3) is 0.412. The molecular formula is C17H22ClN3O2. The molecule has 1 atom stereocenters. The smallest absolute Gasteiger partial charge is 0.263 e. The maximum atomic E-state index is 12.5. The van der Waals surface area contributed by atoms with E-state index in [4.69, 9.17) is 16.3 Å².